The second-order valence-corrected chi connectivity index (χ2v) is 15.4. The summed E-state index contributed by atoms with van der Waals surface area (Å²) in [6.07, 6.45) is 7.89. The average Bonchev–Trinajstić information content (AvgIpc) is 2.71. The fourth-order valence-corrected chi connectivity index (χ4v) is 4.61. The fourth-order valence-electron chi connectivity index (χ4n) is 3.20. The Balaban J connectivity index is 3.19. The number of carbonyl (C=O) groups excluding carboxylic acids is 1. The Labute approximate surface area is 203 Å². The Kier molecular flexibility index (Phi) is 12.3. The van der Waals surface area contributed by atoms with Crippen LogP contribution in [0.25, 0.3) is 0 Å². The molecule has 4 nitrogen and oxygen atoms in total. The van der Waals surface area contributed by atoms with Gasteiger partial charge in [0.2, 0.25) is 0 Å². The van der Waals surface area contributed by atoms with Gasteiger partial charge in [-0.3, -0.25) is 4.79 Å². The van der Waals surface area contributed by atoms with Gasteiger partial charge in [0.1, 0.15) is 12.7 Å². The van der Waals surface area contributed by atoms with Crippen molar-refractivity contribution in [3.63, 3.8) is 0 Å². The summed E-state index contributed by atoms with van der Waals surface area (Å²) in [4.78, 5) is 11.2. The van der Waals surface area contributed by atoms with Crippen LogP contribution in [0.5, 0.6) is 0 Å². The van der Waals surface area contributed by atoms with E-state index in [1.54, 1.807) is 0 Å². The second-order valence-electron chi connectivity index (χ2n) is 10.7. The number of allylic oxidation sites excluding steroid dienone is 2. The van der Waals surface area contributed by atoms with Crippen LogP contribution in [0.3, 0.4) is 0 Å². The van der Waals surface area contributed by atoms with Gasteiger partial charge in [-0.1, -0.05) is 75.8 Å². The van der Waals surface area contributed by atoms with E-state index < -0.39 is 8.32 Å². The molecule has 0 spiro atoms. The Hall–Kier alpha value is -1.69. The van der Waals surface area contributed by atoms with E-state index in [4.69, 9.17) is 13.9 Å². The van der Waals surface area contributed by atoms with Gasteiger partial charge in [0.05, 0.1) is 12.7 Å². The Morgan fingerprint density at radius 2 is 1.73 bits per heavy atom. The van der Waals surface area contributed by atoms with Crippen LogP contribution in [0.1, 0.15) is 66.9 Å². The first-order valence-electron chi connectivity index (χ1n) is 12.1. The molecule has 0 aliphatic rings. The van der Waals surface area contributed by atoms with Crippen LogP contribution in [0.15, 0.2) is 54.1 Å². The molecule has 0 aliphatic heterocycles. The smallest absolute Gasteiger partial charge is 0.302 e. The van der Waals surface area contributed by atoms with Crippen molar-refractivity contribution in [3.8, 4) is 0 Å². The predicted octanol–water partition coefficient (Wildman–Crippen LogP) is 7.46. The number of rotatable bonds is 13. The molecule has 1 aromatic carbocycles. The van der Waals surface area contributed by atoms with Gasteiger partial charge in [-0.05, 0) is 62.4 Å². The van der Waals surface area contributed by atoms with Crippen LogP contribution in [0.4, 0.5) is 0 Å². The quantitative estimate of drug-likeness (QED) is 0.169. The summed E-state index contributed by atoms with van der Waals surface area (Å²) >= 11 is 0. The van der Waals surface area contributed by atoms with Crippen molar-refractivity contribution in [3.05, 3.63) is 59.7 Å². The van der Waals surface area contributed by atoms with E-state index in [9.17, 15) is 4.79 Å². The number of carbonyl (C=O) groups is 1. The average molecular weight is 475 g/mol. The topological polar surface area (TPSA) is 44.8 Å². The van der Waals surface area contributed by atoms with E-state index in [1.807, 2.05) is 30.4 Å². The minimum Gasteiger partial charge on any atom is -0.462 e. The van der Waals surface area contributed by atoms with Crippen molar-refractivity contribution in [2.75, 3.05) is 6.61 Å². The normalized spacial score (nSPS) is 15.2. The van der Waals surface area contributed by atoms with Gasteiger partial charge in [0, 0.05) is 6.92 Å². The van der Waals surface area contributed by atoms with Gasteiger partial charge in [-0.2, -0.15) is 0 Å². The van der Waals surface area contributed by atoms with Crippen LogP contribution >= 0.6 is 0 Å². The highest BCUT2D eigenvalue weighted by molar-refractivity contribution is 6.74. The first-order chi connectivity index (χ1) is 15.3. The van der Waals surface area contributed by atoms with Crippen molar-refractivity contribution < 1.29 is 18.7 Å². The zero-order valence-corrected chi connectivity index (χ0v) is 23.3. The van der Waals surface area contributed by atoms with Crippen LogP contribution in [0, 0.1) is 5.92 Å². The van der Waals surface area contributed by atoms with Crippen molar-refractivity contribution in [1.82, 2.24) is 0 Å². The molecule has 0 heterocycles. The number of ether oxygens (including phenoxy) is 2. The van der Waals surface area contributed by atoms with Crippen molar-refractivity contribution in [1.29, 1.82) is 0 Å². The molecule has 0 saturated carbocycles. The van der Waals surface area contributed by atoms with E-state index in [2.05, 4.69) is 72.8 Å². The predicted molar refractivity (Wildman–Crippen MR) is 141 cm³/mol. The third kappa shape index (κ3) is 11.3. The van der Waals surface area contributed by atoms with E-state index in [0.29, 0.717) is 12.5 Å². The van der Waals surface area contributed by atoms with Gasteiger partial charge >= 0.3 is 5.97 Å². The molecular formula is C28H46O4Si. The zero-order chi connectivity index (χ0) is 25.1. The lowest BCUT2D eigenvalue weighted by Crippen LogP contribution is -2.49. The maximum absolute atomic E-state index is 11.2. The molecule has 0 unspecified atom stereocenters. The van der Waals surface area contributed by atoms with E-state index >= 15 is 0 Å². The molecule has 0 saturated heterocycles. The molecule has 0 amide bonds. The third-order valence-corrected chi connectivity index (χ3v) is 10.8. The molecule has 0 aliphatic carbocycles. The molecule has 186 valence electrons. The first-order valence-corrected chi connectivity index (χ1v) is 15.0. The molecule has 33 heavy (non-hydrogen) atoms. The molecular weight excluding hydrogens is 428 g/mol. The lowest BCUT2D eigenvalue weighted by Gasteiger charge is -2.43. The van der Waals surface area contributed by atoms with E-state index in [0.717, 1.165) is 18.4 Å². The second kappa shape index (κ2) is 13.9. The fraction of sp³-hybridized carbons (Fsp3) is 0.607. The maximum atomic E-state index is 11.2. The summed E-state index contributed by atoms with van der Waals surface area (Å²) in [5.41, 5.74) is 2.46. The number of hydrogen-bond acceptors (Lipinski definition) is 4. The van der Waals surface area contributed by atoms with Crippen molar-refractivity contribution >= 4 is 14.3 Å². The highest BCUT2D eigenvalue weighted by atomic mass is 28.4. The molecule has 0 bridgehead atoms. The SMILES string of the molecule is CC(=O)OC/C=C/[C@@H](OCc1ccccc1)[C@H](O[Si](C)(C)C(C)(C)C)[C@H](C)CCC=C(C)C. The van der Waals surface area contributed by atoms with Crippen LogP contribution in [-0.4, -0.2) is 33.1 Å². The van der Waals surface area contributed by atoms with E-state index in [1.165, 1.54) is 12.5 Å². The number of hydrogen-bond donors (Lipinski definition) is 0. The van der Waals surface area contributed by atoms with Crippen molar-refractivity contribution in [2.45, 2.75) is 98.3 Å². The molecule has 0 fully saturated rings. The largest absolute Gasteiger partial charge is 0.462 e. The lowest BCUT2D eigenvalue weighted by molar-refractivity contribution is -0.139. The molecule has 0 aromatic heterocycles. The molecule has 0 radical (unpaired) electrons. The summed E-state index contributed by atoms with van der Waals surface area (Å²) in [6, 6.07) is 10.2. The summed E-state index contributed by atoms with van der Waals surface area (Å²) in [7, 11) is -2.04. The van der Waals surface area contributed by atoms with Gasteiger partial charge in [-0.15, -0.1) is 0 Å². The highest BCUT2D eigenvalue weighted by Gasteiger charge is 2.42. The molecule has 5 heteroatoms. The lowest BCUT2D eigenvalue weighted by atomic mass is 9.94. The monoisotopic (exact) mass is 474 g/mol. The minimum absolute atomic E-state index is 0.0891. The minimum atomic E-state index is -2.04. The number of benzene rings is 1. The van der Waals surface area contributed by atoms with Crippen molar-refractivity contribution in [2.24, 2.45) is 5.92 Å². The first kappa shape index (κ1) is 29.3. The van der Waals surface area contributed by atoms with Gasteiger partial charge < -0.3 is 13.9 Å². The van der Waals surface area contributed by atoms with Gasteiger partial charge in [-0.25, -0.2) is 0 Å². The van der Waals surface area contributed by atoms with Crippen LogP contribution < -0.4 is 0 Å². The molecule has 1 aromatic rings. The van der Waals surface area contributed by atoms with Crippen LogP contribution in [0.2, 0.25) is 18.1 Å². The summed E-state index contributed by atoms with van der Waals surface area (Å²) in [5, 5.41) is 0.0936. The summed E-state index contributed by atoms with van der Waals surface area (Å²) in [5.74, 6) is 0.0134. The van der Waals surface area contributed by atoms with Crippen LogP contribution in [-0.2, 0) is 25.3 Å². The summed E-state index contributed by atoms with van der Waals surface area (Å²) < 4.78 is 18.6. The number of esters is 1. The zero-order valence-electron chi connectivity index (χ0n) is 22.3. The standard InChI is InChI=1S/C28H46O4Si/c1-22(2)15-13-16-23(3)27(32-33(8,9)28(5,6)7)26(19-14-20-30-24(4)29)31-21-25-17-11-10-12-18-25/h10-12,14-15,17-19,23,26-27H,13,16,20-21H2,1-9H3/b19-14+/t23-,26-,27-/m1/s1. The third-order valence-electron chi connectivity index (χ3n) is 6.29. The Morgan fingerprint density at radius 1 is 1.09 bits per heavy atom. The molecule has 3 atom stereocenters. The maximum Gasteiger partial charge on any atom is 0.302 e. The molecule has 0 N–H and O–H groups in total. The Bertz CT molecular complexity index is 758. The molecule has 1 rings (SSSR count). The van der Waals surface area contributed by atoms with Gasteiger partial charge in [0.25, 0.3) is 0 Å². The van der Waals surface area contributed by atoms with Gasteiger partial charge in [0.15, 0.2) is 8.32 Å². The Morgan fingerprint density at radius 3 is 2.27 bits per heavy atom. The highest BCUT2D eigenvalue weighted by Crippen LogP contribution is 2.39. The van der Waals surface area contributed by atoms with E-state index in [-0.39, 0.29) is 29.8 Å². The summed E-state index contributed by atoms with van der Waals surface area (Å²) in [6.45, 7) is 20.1.